The van der Waals surface area contributed by atoms with Crippen molar-refractivity contribution < 1.29 is 4.79 Å². The highest BCUT2D eigenvalue weighted by Crippen LogP contribution is 2.17. The molecule has 0 aliphatic carbocycles. The summed E-state index contributed by atoms with van der Waals surface area (Å²) in [6, 6.07) is 0. The van der Waals surface area contributed by atoms with Gasteiger partial charge in [0.1, 0.15) is 0 Å². The van der Waals surface area contributed by atoms with Gasteiger partial charge in [-0.05, 0) is 17.9 Å². The van der Waals surface area contributed by atoms with Crippen molar-refractivity contribution in [1.82, 2.24) is 9.38 Å². The molecule has 3 aromatic heterocycles. The maximum Gasteiger partial charge on any atom is 0.193 e. The third kappa shape index (κ3) is 1.92. The van der Waals surface area contributed by atoms with E-state index in [4.69, 9.17) is 0 Å². The Bertz CT molecular complexity index is 649. The Balaban J connectivity index is 1.86. The summed E-state index contributed by atoms with van der Waals surface area (Å²) in [5.41, 5.74) is 2.72. The topological polar surface area (TPSA) is 34.4 Å². The van der Waals surface area contributed by atoms with Crippen LogP contribution in [0.25, 0.3) is 4.96 Å². The molecule has 0 saturated carbocycles. The van der Waals surface area contributed by atoms with Gasteiger partial charge >= 0.3 is 0 Å². The van der Waals surface area contributed by atoms with E-state index in [9.17, 15) is 4.79 Å². The second kappa shape index (κ2) is 4.09. The number of Topliss-reactive ketones (excluding diaryl/α,β-unsaturated/α-hetero) is 1. The quantitative estimate of drug-likeness (QED) is 0.679. The number of aryl methyl sites for hydroxylation is 1. The fourth-order valence-electron chi connectivity index (χ4n) is 1.77. The number of carbonyl (C=O) groups excluding carboxylic acids is 1. The second-order valence-electron chi connectivity index (χ2n) is 3.89. The van der Waals surface area contributed by atoms with Crippen LogP contribution in [0.4, 0.5) is 0 Å². The van der Waals surface area contributed by atoms with Gasteiger partial charge in [-0.1, -0.05) is 0 Å². The highest BCUT2D eigenvalue weighted by molar-refractivity contribution is 7.15. The number of carbonyl (C=O) groups is 1. The van der Waals surface area contributed by atoms with Crippen molar-refractivity contribution in [1.29, 1.82) is 0 Å². The van der Waals surface area contributed by atoms with Crippen LogP contribution in [0.3, 0.4) is 0 Å². The number of imidazole rings is 1. The van der Waals surface area contributed by atoms with Crippen LogP contribution in [0.2, 0.25) is 0 Å². The molecule has 0 aliphatic heterocycles. The van der Waals surface area contributed by atoms with Crippen LogP contribution in [0.15, 0.2) is 28.5 Å². The van der Waals surface area contributed by atoms with E-state index in [0.29, 0.717) is 6.42 Å². The van der Waals surface area contributed by atoms with E-state index in [1.54, 1.807) is 22.7 Å². The normalized spacial score (nSPS) is 11.1. The first-order chi connectivity index (χ1) is 8.24. The minimum Gasteiger partial charge on any atom is -0.297 e. The van der Waals surface area contributed by atoms with Gasteiger partial charge in [-0.2, -0.15) is 11.3 Å². The smallest absolute Gasteiger partial charge is 0.193 e. The largest absolute Gasteiger partial charge is 0.297 e. The van der Waals surface area contributed by atoms with Crippen molar-refractivity contribution in [2.24, 2.45) is 0 Å². The van der Waals surface area contributed by atoms with Gasteiger partial charge in [0, 0.05) is 28.7 Å². The lowest BCUT2D eigenvalue weighted by Crippen LogP contribution is -2.03. The van der Waals surface area contributed by atoms with E-state index >= 15 is 0 Å². The van der Waals surface area contributed by atoms with Crippen LogP contribution in [0.1, 0.15) is 21.6 Å². The number of thiazole rings is 1. The lowest BCUT2D eigenvalue weighted by Gasteiger charge is -1.96. The molecule has 5 heteroatoms. The van der Waals surface area contributed by atoms with Crippen LogP contribution in [-0.2, 0) is 6.42 Å². The Labute approximate surface area is 106 Å². The summed E-state index contributed by atoms with van der Waals surface area (Å²) in [6.07, 6.45) is 4.26. The molecule has 0 atom stereocenters. The first kappa shape index (κ1) is 10.7. The lowest BCUT2D eigenvalue weighted by atomic mass is 10.1. The first-order valence-corrected chi connectivity index (χ1v) is 7.03. The van der Waals surface area contributed by atoms with Crippen molar-refractivity contribution in [2.75, 3.05) is 0 Å². The summed E-state index contributed by atoms with van der Waals surface area (Å²) in [6.45, 7) is 1.97. The Morgan fingerprint density at radius 3 is 3.06 bits per heavy atom. The van der Waals surface area contributed by atoms with Crippen molar-refractivity contribution >= 4 is 33.4 Å². The molecule has 86 valence electrons. The number of hydrogen-bond acceptors (Lipinski definition) is 4. The minimum absolute atomic E-state index is 0.148. The van der Waals surface area contributed by atoms with Crippen LogP contribution >= 0.6 is 22.7 Å². The Morgan fingerprint density at radius 2 is 2.35 bits per heavy atom. The molecule has 3 aromatic rings. The van der Waals surface area contributed by atoms with Crippen molar-refractivity contribution in [3.05, 3.63) is 45.4 Å². The Kier molecular flexibility index (Phi) is 2.57. The maximum atomic E-state index is 12.1. The van der Waals surface area contributed by atoms with E-state index < -0.39 is 0 Å². The fourth-order valence-corrected chi connectivity index (χ4v) is 3.34. The summed E-state index contributed by atoms with van der Waals surface area (Å²) >= 11 is 3.15. The molecule has 0 saturated heterocycles. The number of aromatic nitrogens is 2. The zero-order valence-electron chi connectivity index (χ0n) is 9.21. The number of nitrogens with zero attached hydrogens (tertiary/aromatic N) is 2. The van der Waals surface area contributed by atoms with Crippen LogP contribution in [0, 0.1) is 6.92 Å². The van der Waals surface area contributed by atoms with Crippen molar-refractivity contribution in [3.63, 3.8) is 0 Å². The van der Waals surface area contributed by atoms with Crippen LogP contribution < -0.4 is 0 Å². The van der Waals surface area contributed by atoms with E-state index in [0.717, 1.165) is 21.8 Å². The number of ketones is 1. The standard InChI is InChI=1S/C12H10N2OS2/c1-8-6-16-7-10(8)11(15)4-9-5-14-2-3-17-12(14)13-9/h2-3,5-7H,4H2,1H3. The monoisotopic (exact) mass is 262 g/mol. The Hall–Kier alpha value is -1.46. The molecule has 17 heavy (non-hydrogen) atoms. The molecule has 0 N–H and O–H groups in total. The number of thiophene rings is 1. The average molecular weight is 262 g/mol. The van der Waals surface area contributed by atoms with Gasteiger partial charge in [0.05, 0.1) is 12.1 Å². The SMILES string of the molecule is Cc1cscc1C(=O)Cc1cn2ccsc2n1. The summed E-state index contributed by atoms with van der Waals surface area (Å²) in [4.78, 5) is 17.4. The summed E-state index contributed by atoms with van der Waals surface area (Å²) < 4.78 is 1.95. The second-order valence-corrected chi connectivity index (χ2v) is 5.51. The predicted octanol–water partition coefficient (Wildman–Crippen LogP) is 3.19. The molecule has 3 nitrogen and oxygen atoms in total. The maximum absolute atomic E-state index is 12.1. The van der Waals surface area contributed by atoms with E-state index in [-0.39, 0.29) is 5.78 Å². The van der Waals surface area contributed by atoms with Gasteiger partial charge in [0.2, 0.25) is 0 Å². The van der Waals surface area contributed by atoms with E-state index in [1.807, 2.05) is 39.9 Å². The van der Waals surface area contributed by atoms with E-state index in [1.165, 1.54) is 0 Å². The molecule has 3 heterocycles. The highest BCUT2D eigenvalue weighted by atomic mass is 32.1. The predicted molar refractivity (Wildman–Crippen MR) is 70.2 cm³/mol. The number of rotatable bonds is 3. The van der Waals surface area contributed by atoms with Crippen LogP contribution in [-0.4, -0.2) is 15.2 Å². The molecule has 0 bridgehead atoms. The van der Waals surface area contributed by atoms with Gasteiger partial charge in [-0.3, -0.25) is 9.20 Å². The summed E-state index contributed by atoms with van der Waals surface area (Å²) in [5.74, 6) is 0.148. The van der Waals surface area contributed by atoms with Gasteiger partial charge in [0.25, 0.3) is 0 Å². The van der Waals surface area contributed by atoms with Gasteiger partial charge in [0.15, 0.2) is 10.7 Å². The molecule has 3 rings (SSSR count). The third-order valence-electron chi connectivity index (χ3n) is 2.64. The third-order valence-corrected chi connectivity index (χ3v) is 4.27. The zero-order chi connectivity index (χ0) is 11.8. The molecule has 0 aromatic carbocycles. The molecule has 0 unspecified atom stereocenters. The molecule has 0 spiro atoms. The van der Waals surface area contributed by atoms with Gasteiger partial charge in [-0.25, -0.2) is 4.98 Å². The highest BCUT2D eigenvalue weighted by Gasteiger charge is 2.13. The molecular formula is C12H10N2OS2. The first-order valence-electron chi connectivity index (χ1n) is 5.21. The lowest BCUT2D eigenvalue weighted by molar-refractivity contribution is 0.0992. The molecule has 0 aliphatic rings. The van der Waals surface area contributed by atoms with Crippen molar-refractivity contribution in [3.8, 4) is 0 Å². The van der Waals surface area contributed by atoms with Crippen LogP contribution in [0.5, 0.6) is 0 Å². The molecular weight excluding hydrogens is 252 g/mol. The number of hydrogen-bond donors (Lipinski definition) is 0. The van der Waals surface area contributed by atoms with Gasteiger partial charge in [-0.15, -0.1) is 11.3 Å². The minimum atomic E-state index is 0.148. The van der Waals surface area contributed by atoms with E-state index in [2.05, 4.69) is 4.98 Å². The summed E-state index contributed by atoms with van der Waals surface area (Å²) in [5, 5.41) is 5.89. The fraction of sp³-hybridized carbons (Fsp3) is 0.167. The molecule has 0 fully saturated rings. The summed E-state index contributed by atoms with van der Waals surface area (Å²) in [7, 11) is 0. The zero-order valence-corrected chi connectivity index (χ0v) is 10.8. The average Bonchev–Trinajstić information content (AvgIpc) is 2.92. The molecule has 0 radical (unpaired) electrons. The molecule has 0 amide bonds. The number of fused-ring (bicyclic) bond motifs is 1. The Morgan fingerprint density at radius 1 is 1.47 bits per heavy atom. The van der Waals surface area contributed by atoms with Crippen molar-refractivity contribution in [2.45, 2.75) is 13.3 Å². The van der Waals surface area contributed by atoms with Gasteiger partial charge < -0.3 is 0 Å².